The van der Waals surface area contributed by atoms with Gasteiger partial charge in [-0.2, -0.15) is 0 Å². The molecular formula is C7H11ClN2. The molecule has 3 heteroatoms. The second-order valence-corrected chi connectivity index (χ2v) is 2.26. The summed E-state index contributed by atoms with van der Waals surface area (Å²) in [4.78, 5) is 8.13. The second kappa shape index (κ2) is 4.23. The van der Waals surface area contributed by atoms with Crippen molar-refractivity contribution >= 4 is 12.4 Å². The Labute approximate surface area is 67.1 Å². The first kappa shape index (κ1) is 9.37. The highest BCUT2D eigenvalue weighted by Gasteiger charge is 1.97. The zero-order valence-corrected chi connectivity index (χ0v) is 6.93. The number of halogens is 1. The van der Waals surface area contributed by atoms with Gasteiger partial charge in [-0.15, -0.1) is 12.4 Å². The summed E-state index contributed by atoms with van der Waals surface area (Å²) in [5.74, 6) is 1.35. The van der Waals surface area contributed by atoms with Crippen molar-refractivity contribution < 1.29 is 0 Å². The van der Waals surface area contributed by atoms with Crippen LogP contribution in [0.5, 0.6) is 0 Å². The van der Waals surface area contributed by atoms with Crippen LogP contribution in [-0.2, 0) is 0 Å². The summed E-state index contributed by atoms with van der Waals surface area (Å²) >= 11 is 0. The zero-order chi connectivity index (χ0) is 6.69. The van der Waals surface area contributed by atoms with Crippen LogP contribution >= 0.6 is 12.4 Å². The van der Waals surface area contributed by atoms with E-state index in [1.165, 1.54) is 0 Å². The summed E-state index contributed by atoms with van der Waals surface area (Å²) in [5.41, 5.74) is 0. The molecule has 0 N–H and O–H groups in total. The maximum atomic E-state index is 4.07. The van der Waals surface area contributed by atoms with E-state index in [4.69, 9.17) is 0 Å². The SMILES string of the molecule is CC(C)c1ncccn1.Cl. The lowest BCUT2D eigenvalue weighted by atomic mass is 10.2. The topological polar surface area (TPSA) is 25.8 Å². The van der Waals surface area contributed by atoms with E-state index in [0.717, 1.165) is 5.82 Å². The van der Waals surface area contributed by atoms with Crippen molar-refractivity contribution in [2.24, 2.45) is 0 Å². The molecule has 0 spiro atoms. The van der Waals surface area contributed by atoms with Crippen LogP contribution in [0.3, 0.4) is 0 Å². The molecule has 0 aliphatic carbocycles. The normalized spacial score (nSPS) is 9.10. The van der Waals surface area contributed by atoms with Gasteiger partial charge in [0.05, 0.1) is 0 Å². The summed E-state index contributed by atoms with van der Waals surface area (Å²) in [6.07, 6.45) is 3.53. The maximum Gasteiger partial charge on any atom is 0.130 e. The van der Waals surface area contributed by atoms with Crippen LogP contribution < -0.4 is 0 Å². The molecule has 0 amide bonds. The van der Waals surface area contributed by atoms with Gasteiger partial charge in [0.15, 0.2) is 0 Å². The van der Waals surface area contributed by atoms with Gasteiger partial charge in [0.1, 0.15) is 5.82 Å². The highest BCUT2D eigenvalue weighted by Crippen LogP contribution is 2.04. The van der Waals surface area contributed by atoms with Gasteiger partial charge >= 0.3 is 0 Å². The van der Waals surface area contributed by atoms with Gasteiger partial charge in [-0.3, -0.25) is 0 Å². The van der Waals surface area contributed by atoms with Crippen molar-refractivity contribution in [2.75, 3.05) is 0 Å². The quantitative estimate of drug-likeness (QED) is 0.625. The highest BCUT2D eigenvalue weighted by molar-refractivity contribution is 5.85. The Morgan fingerprint density at radius 3 is 2.00 bits per heavy atom. The molecule has 1 aromatic rings. The monoisotopic (exact) mass is 158 g/mol. The van der Waals surface area contributed by atoms with E-state index in [0.29, 0.717) is 5.92 Å². The molecule has 10 heavy (non-hydrogen) atoms. The Morgan fingerprint density at radius 1 is 1.20 bits per heavy atom. The number of aromatic nitrogens is 2. The lowest BCUT2D eigenvalue weighted by molar-refractivity contribution is 0.774. The average Bonchev–Trinajstić information content (AvgIpc) is 1.90. The largest absolute Gasteiger partial charge is 0.241 e. The molecule has 0 saturated heterocycles. The molecule has 1 rings (SSSR count). The van der Waals surface area contributed by atoms with Crippen LogP contribution in [0.1, 0.15) is 25.6 Å². The van der Waals surface area contributed by atoms with E-state index < -0.39 is 0 Å². The number of hydrogen-bond donors (Lipinski definition) is 0. The predicted octanol–water partition coefficient (Wildman–Crippen LogP) is 2.02. The van der Waals surface area contributed by atoms with Crippen molar-refractivity contribution in [2.45, 2.75) is 19.8 Å². The summed E-state index contributed by atoms with van der Waals surface area (Å²) in [6, 6.07) is 1.83. The molecule has 1 aromatic heterocycles. The van der Waals surface area contributed by atoms with E-state index in [1.54, 1.807) is 12.4 Å². The summed E-state index contributed by atoms with van der Waals surface area (Å²) in [7, 11) is 0. The molecule has 1 heterocycles. The first-order valence-corrected chi connectivity index (χ1v) is 3.07. The minimum atomic E-state index is 0. The maximum absolute atomic E-state index is 4.07. The van der Waals surface area contributed by atoms with Gasteiger partial charge in [-0.25, -0.2) is 9.97 Å². The minimum absolute atomic E-state index is 0. The van der Waals surface area contributed by atoms with E-state index >= 15 is 0 Å². The van der Waals surface area contributed by atoms with Crippen molar-refractivity contribution in [3.05, 3.63) is 24.3 Å². The number of hydrogen-bond acceptors (Lipinski definition) is 2. The third-order valence-electron chi connectivity index (χ3n) is 1.10. The third-order valence-corrected chi connectivity index (χ3v) is 1.10. The average molecular weight is 159 g/mol. The minimum Gasteiger partial charge on any atom is -0.241 e. The van der Waals surface area contributed by atoms with Gasteiger partial charge in [0.25, 0.3) is 0 Å². The fourth-order valence-corrected chi connectivity index (χ4v) is 0.609. The molecule has 0 aliphatic rings. The molecule has 0 aromatic carbocycles. The molecule has 0 fully saturated rings. The molecule has 56 valence electrons. The van der Waals surface area contributed by atoms with Crippen molar-refractivity contribution in [1.82, 2.24) is 9.97 Å². The van der Waals surface area contributed by atoms with Crippen LogP contribution in [0.4, 0.5) is 0 Å². The lowest BCUT2D eigenvalue weighted by Crippen LogP contribution is -1.93. The highest BCUT2D eigenvalue weighted by atomic mass is 35.5. The van der Waals surface area contributed by atoms with Crippen LogP contribution in [-0.4, -0.2) is 9.97 Å². The first-order valence-electron chi connectivity index (χ1n) is 3.07. The van der Waals surface area contributed by atoms with Crippen molar-refractivity contribution in [3.8, 4) is 0 Å². The van der Waals surface area contributed by atoms with Crippen LogP contribution in [0.25, 0.3) is 0 Å². The smallest absolute Gasteiger partial charge is 0.130 e. The van der Waals surface area contributed by atoms with E-state index in [1.807, 2.05) is 6.07 Å². The number of rotatable bonds is 1. The van der Waals surface area contributed by atoms with Crippen molar-refractivity contribution in [3.63, 3.8) is 0 Å². The fraction of sp³-hybridized carbons (Fsp3) is 0.429. The van der Waals surface area contributed by atoms with Gasteiger partial charge in [0, 0.05) is 18.3 Å². The van der Waals surface area contributed by atoms with E-state index in [9.17, 15) is 0 Å². The molecule has 0 bridgehead atoms. The Morgan fingerprint density at radius 2 is 1.70 bits per heavy atom. The van der Waals surface area contributed by atoms with Gasteiger partial charge in [0.2, 0.25) is 0 Å². The van der Waals surface area contributed by atoms with Crippen molar-refractivity contribution in [1.29, 1.82) is 0 Å². The molecular weight excluding hydrogens is 148 g/mol. The second-order valence-electron chi connectivity index (χ2n) is 2.26. The number of nitrogens with zero attached hydrogens (tertiary/aromatic N) is 2. The van der Waals surface area contributed by atoms with E-state index in [-0.39, 0.29) is 12.4 Å². The first-order chi connectivity index (χ1) is 4.30. The Hall–Kier alpha value is -0.630. The van der Waals surface area contributed by atoms with Gasteiger partial charge in [-0.1, -0.05) is 13.8 Å². The third kappa shape index (κ3) is 2.31. The lowest BCUT2D eigenvalue weighted by Gasteiger charge is -1.98. The molecule has 0 atom stereocenters. The predicted molar refractivity (Wildman–Crippen MR) is 43.4 cm³/mol. The summed E-state index contributed by atoms with van der Waals surface area (Å²) in [6.45, 7) is 4.16. The van der Waals surface area contributed by atoms with Crippen LogP contribution in [0, 0.1) is 0 Å². The standard InChI is InChI=1S/C7H10N2.ClH/c1-6(2)7-8-4-3-5-9-7;/h3-6H,1-2H3;1H. The van der Waals surface area contributed by atoms with Gasteiger partial charge < -0.3 is 0 Å². The molecule has 0 radical (unpaired) electrons. The van der Waals surface area contributed by atoms with E-state index in [2.05, 4.69) is 23.8 Å². The molecule has 2 nitrogen and oxygen atoms in total. The molecule has 0 aliphatic heterocycles. The Bertz CT molecular complexity index is 174. The molecule has 0 saturated carbocycles. The summed E-state index contributed by atoms with van der Waals surface area (Å²) in [5, 5.41) is 0. The van der Waals surface area contributed by atoms with Crippen LogP contribution in [0.15, 0.2) is 18.5 Å². The fourth-order valence-electron chi connectivity index (χ4n) is 0.609. The summed E-state index contributed by atoms with van der Waals surface area (Å²) < 4.78 is 0. The zero-order valence-electron chi connectivity index (χ0n) is 6.11. The Kier molecular flexibility index (Phi) is 3.96. The Balaban J connectivity index is 0.000000810. The van der Waals surface area contributed by atoms with Gasteiger partial charge in [-0.05, 0) is 6.07 Å². The van der Waals surface area contributed by atoms with Crippen LogP contribution in [0.2, 0.25) is 0 Å². The molecule has 0 unspecified atom stereocenters.